The van der Waals surface area contributed by atoms with Crippen molar-refractivity contribution < 1.29 is 9.90 Å². The molecule has 6 heteroatoms. The van der Waals surface area contributed by atoms with Crippen molar-refractivity contribution in [2.75, 3.05) is 6.54 Å². The van der Waals surface area contributed by atoms with Crippen molar-refractivity contribution in [2.24, 2.45) is 0 Å². The van der Waals surface area contributed by atoms with Gasteiger partial charge in [0.15, 0.2) is 0 Å². The minimum atomic E-state index is -0.725. The third-order valence-electron chi connectivity index (χ3n) is 3.12. The number of carbonyl (C=O) groups is 1. The molecule has 0 fully saturated rings. The van der Waals surface area contributed by atoms with Crippen LogP contribution in [0.5, 0.6) is 0 Å². The van der Waals surface area contributed by atoms with E-state index in [-0.39, 0.29) is 12.5 Å². The van der Waals surface area contributed by atoms with E-state index in [4.69, 9.17) is 11.6 Å². The van der Waals surface area contributed by atoms with E-state index >= 15 is 0 Å². The SMILES string of the molecule is O=C(NC[C@@H](O)c1cc2ccccc2s1)c1cc(Cl)c[nH]1. The van der Waals surface area contributed by atoms with Gasteiger partial charge >= 0.3 is 0 Å². The first kappa shape index (κ1) is 14.1. The summed E-state index contributed by atoms with van der Waals surface area (Å²) in [6.45, 7) is 0.155. The molecule has 2 heterocycles. The normalized spacial score (nSPS) is 12.5. The molecule has 0 aliphatic heterocycles. The Kier molecular flexibility index (Phi) is 3.96. The number of halogens is 1. The van der Waals surface area contributed by atoms with Crippen LogP contribution in [0.3, 0.4) is 0 Å². The highest BCUT2D eigenvalue weighted by atomic mass is 35.5. The highest BCUT2D eigenvalue weighted by Gasteiger charge is 2.14. The molecule has 0 saturated carbocycles. The molecule has 0 spiro atoms. The zero-order valence-corrected chi connectivity index (χ0v) is 12.5. The van der Waals surface area contributed by atoms with Crippen LogP contribution in [0.2, 0.25) is 5.02 Å². The number of thiophene rings is 1. The molecule has 1 amide bonds. The molecule has 1 aromatic carbocycles. The van der Waals surface area contributed by atoms with Crippen LogP contribution in [0.15, 0.2) is 42.6 Å². The predicted octanol–water partition coefficient (Wildman–Crippen LogP) is 3.35. The molecule has 0 bridgehead atoms. The summed E-state index contributed by atoms with van der Waals surface area (Å²) in [5.41, 5.74) is 0.378. The third-order valence-corrected chi connectivity index (χ3v) is 4.56. The molecule has 4 nitrogen and oxygen atoms in total. The van der Waals surface area contributed by atoms with Gasteiger partial charge in [0.2, 0.25) is 0 Å². The second-order valence-electron chi connectivity index (χ2n) is 4.64. The first-order valence-electron chi connectivity index (χ1n) is 6.42. The van der Waals surface area contributed by atoms with Crippen molar-refractivity contribution in [2.45, 2.75) is 6.10 Å². The Morgan fingerprint density at radius 2 is 2.19 bits per heavy atom. The fourth-order valence-corrected chi connectivity index (χ4v) is 3.27. The van der Waals surface area contributed by atoms with Gasteiger partial charge in [0.25, 0.3) is 5.91 Å². The number of fused-ring (bicyclic) bond motifs is 1. The molecule has 0 unspecified atom stereocenters. The van der Waals surface area contributed by atoms with Gasteiger partial charge in [0.1, 0.15) is 11.8 Å². The molecule has 1 atom stereocenters. The number of hydrogen-bond donors (Lipinski definition) is 3. The minimum Gasteiger partial charge on any atom is -0.386 e. The van der Waals surface area contributed by atoms with Gasteiger partial charge in [-0.1, -0.05) is 29.8 Å². The largest absolute Gasteiger partial charge is 0.386 e. The van der Waals surface area contributed by atoms with Crippen molar-refractivity contribution in [3.8, 4) is 0 Å². The number of hydrogen-bond acceptors (Lipinski definition) is 3. The smallest absolute Gasteiger partial charge is 0.267 e. The Balaban J connectivity index is 1.66. The molecular formula is C15H13ClN2O2S. The van der Waals surface area contributed by atoms with Crippen molar-refractivity contribution in [3.05, 3.63) is 58.2 Å². The number of aliphatic hydroxyl groups excluding tert-OH is 1. The van der Waals surface area contributed by atoms with Crippen LogP contribution < -0.4 is 5.32 Å². The number of aromatic amines is 1. The molecule has 3 rings (SSSR count). The quantitative estimate of drug-likeness (QED) is 0.690. The molecule has 0 saturated heterocycles. The molecule has 108 valence electrons. The summed E-state index contributed by atoms with van der Waals surface area (Å²) in [4.78, 5) is 15.5. The van der Waals surface area contributed by atoms with Crippen molar-refractivity contribution in [3.63, 3.8) is 0 Å². The first-order valence-corrected chi connectivity index (χ1v) is 7.61. The van der Waals surface area contributed by atoms with E-state index in [0.717, 1.165) is 15.0 Å². The lowest BCUT2D eigenvalue weighted by molar-refractivity contribution is 0.0913. The minimum absolute atomic E-state index is 0.155. The summed E-state index contributed by atoms with van der Waals surface area (Å²) < 4.78 is 1.12. The number of nitrogens with one attached hydrogen (secondary N) is 2. The highest BCUT2D eigenvalue weighted by Crippen LogP contribution is 2.29. The van der Waals surface area contributed by atoms with Crippen molar-refractivity contribution in [1.82, 2.24) is 10.3 Å². The Labute approximate surface area is 130 Å². The van der Waals surface area contributed by atoms with Crippen molar-refractivity contribution >= 4 is 38.9 Å². The maximum absolute atomic E-state index is 11.9. The molecule has 3 N–H and O–H groups in total. The first-order chi connectivity index (χ1) is 10.1. The lowest BCUT2D eigenvalue weighted by Crippen LogP contribution is -2.28. The number of amides is 1. The van der Waals surface area contributed by atoms with Gasteiger partial charge in [-0.05, 0) is 23.6 Å². The van der Waals surface area contributed by atoms with Gasteiger partial charge in [-0.2, -0.15) is 0 Å². The third kappa shape index (κ3) is 3.10. The lowest BCUT2D eigenvalue weighted by Gasteiger charge is -2.09. The summed E-state index contributed by atoms with van der Waals surface area (Å²) in [6.07, 6.45) is 0.815. The van der Waals surface area contributed by atoms with Gasteiger partial charge in [0, 0.05) is 22.3 Å². The molecule has 0 aliphatic rings. The van der Waals surface area contributed by atoms with Crippen LogP contribution in [0, 0.1) is 0 Å². The van der Waals surface area contributed by atoms with E-state index in [9.17, 15) is 9.90 Å². The van der Waals surface area contributed by atoms with Gasteiger partial charge < -0.3 is 15.4 Å². The second kappa shape index (κ2) is 5.89. The highest BCUT2D eigenvalue weighted by molar-refractivity contribution is 7.19. The van der Waals surface area contributed by atoms with Crippen LogP contribution in [0.1, 0.15) is 21.5 Å². The topological polar surface area (TPSA) is 65.1 Å². The summed E-state index contributed by atoms with van der Waals surface area (Å²) in [5, 5.41) is 14.4. The molecule has 21 heavy (non-hydrogen) atoms. The summed E-state index contributed by atoms with van der Waals surface area (Å²) in [7, 11) is 0. The molecule has 0 aliphatic carbocycles. The van der Waals surface area contributed by atoms with Crippen LogP contribution in [0.25, 0.3) is 10.1 Å². The number of H-pyrrole nitrogens is 1. The van der Waals surface area contributed by atoms with Gasteiger partial charge in [0.05, 0.1) is 5.02 Å². The number of aromatic nitrogens is 1. The van der Waals surface area contributed by atoms with E-state index in [1.165, 1.54) is 11.3 Å². The number of aliphatic hydroxyl groups is 1. The van der Waals surface area contributed by atoms with Crippen molar-refractivity contribution in [1.29, 1.82) is 0 Å². The van der Waals surface area contributed by atoms with Crippen LogP contribution in [-0.2, 0) is 0 Å². The number of carbonyl (C=O) groups excluding carboxylic acids is 1. The van der Waals surface area contributed by atoms with Gasteiger partial charge in [-0.15, -0.1) is 11.3 Å². The predicted molar refractivity (Wildman–Crippen MR) is 84.9 cm³/mol. The van der Waals surface area contributed by atoms with Gasteiger partial charge in [-0.25, -0.2) is 0 Å². The standard InChI is InChI=1S/C15H13ClN2O2S/c16-10-6-11(17-7-10)15(20)18-8-12(19)14-5-9-3-1-2-4-13(9)21-14/h1-7,12,17,19H,8H2,(H,18,20)/t12-/m1/s1. The number of rotatable bonds is 4. The van der Waals surface area contributed by atoms with E-state index in [2.05, 4.69) is 10.3 Å². The van der Waals surface area contributed by atoms with Gasteiger partial charge in [-0.3, -0.25) is 4.79 Å². The Morgan fingerprint density at radius 3 is 2.90 bits per heavy atom. The Morgan fingerprint density at radius 1 is 1.38 bits per heavy atom. The van der Waals surface area contributed by atoms with Crippen LogP contribution in [-0.4, -0.2) is 22.5 Å². The average Bonchev–Trinajstić information content (AvgIpc) is 3.10. The average molecular weight is 321 g/mol. The fraction of sp³-hybridized carbons (Fsp3) is 0.133. The molecule has 2 aromatic heterocycles. The number of benzene rings is 1. The summed E-state index contributed by atoms with van der Waals surface area (Å²) in [5.74, 6) is -0.290. The zero-order chi connectivity index (χ0) is 14.8. The molecule has 0 radical (unpaired) electrons. The zero-order valence-electron chi connectivity index (χ0n) is 11.0. The van der Waals surface area contributed by atoms with E-state index in [0.29, 0.717) is 10.7 Å². The lowest BCUT2D eigenvalue weighted by atomic mass is 10.2. The molecular weight excluding hydrogens is 308 g/mol. The van der Waals surface area contributed by atoms with E-state index < -0.39 is 6.10 Å². The Bertz CT molecular complexity index is 748. The molecule has 3 aromatic rings. The van der Waals surface area contributed by atoms with Crippen LogP contribution in [0.4, 0.5) is 0 Å². The Hall–Kier alpha value is -1.82. The van der Waals surface area contributed by atoms with E-state index in [1.54, 1.807) is 12.3 Å². The maximum atomic E-state index is 11.9. The summed E-state index contributed by atoms with van der Waals surface area (Å²) >= 11 is 7.28. The monoisotopic (exact) mass is 320 g/mol. The summed E-state index contributed by atoms with van der Waals surface area (Å²) in [6, 6.07) is 11.4. The second-order valence-corrected chi connectivity index (χ2v) is 6.20. The maximum Gasteiger partial charge on any atom is 0.267 e. The van der Waals surface area contributed by atoms with Crippen LogP contribution >= 0.6 is 22.9 Å². The van der Waals surface area contributed by atoms with E-state index in [1.807, 2.05) is 30.3 Å². The fourth-order valence-electron chi connectivity index (χ4n) is 2.05.